The highest BCUT2D eigenvalue weighted by Crippen LogP contribution is 2.15. The molecule has 0 aliphatic rings. The molecule has 130 valence electrons. The third kappa shape index (κ3) is 4.67. The number of rotatable bonds is 5. The van der Waals surface area contributed by atoms with E-state index in [1.165, 1.54) is 19.1 Å². The van der Waals surface area contributed by atoms with Crippen LogP contribution in [-0.2, 0) is 0 Å². The lowest BCUT2D eigenvalue weighted by Crippen LogP contribution is -2.19. The number of hydrogen-bond acceptors (Lipinski definition) is 5. The molecule has 1 aromatic heterocycles. The van der Waals surface area contributed by atoms with Gasteiger partial charge in [0.05, 0.1) is 5.56 Å². The van der Waals surface area contributed by atoms with Gasteiger partial charge in [-0.05, 0) is 38.1 Å². The Kier molecular flexibility index (Phi) is 5.54. The molecule has 0 aliphatic carbocycles. The van der Waals surface area contributed by atoms with E-state index >= 15 is 0 Å². The summed E-state index contributed by atoms with van der Waals surface area (Å²) in [5.74, 6) is -0.564. The highest BCUT2D eigenvalue weighted by atomic mass is 16.4. The molecule has 6 heteroatoms. The number of nitrogens with one attached hydrogen (secondary N) is 1. The summed E-state index contributed by atoms with van der Waals surface area (Å²) in [6, 6.07) is 8.26. The number of benzene rings is 1. The zero-order valence-corrected chi connectivity index (χ0v) is 14.6. The monoisotopic (exact) mass is 340 g/mol. The van der Waals surface area contributed by atoms with Gasteiger partial charge in [-0.1, -0.05) is 17.7 Å². The van der Waals surface area contributed by atoms with Gasteiger partial charge < -0.3 is 14.6 Å². The summed E-state index contributed by atoms with van der Waals surface area (Å²) in [6.07, 6.45) is 3.19. The van der Waals surface area contributed by atoms with Crippen molar-refractivity contribution in [2.24, 2.45) is 0 Å². The van der Waals surface area contributed by atoms with E-state index in [1.807, 2.05) is 6.92 Å². The Morgan fingerprint density at radius 3 is 2.36 bits per heavy atom. The van der Waals surface area contributed by atoms with Gasteiger partial charge in [0.25, 0.3) is 5.91 Å². The number of aryl methyl sites for hydroxylation is 1. The summed E-state index contributed by atoms with van der Waals surface area (Å²) in [4.78, 5) is 38.0. The van der Waals surface area contributed by atoms with Crippen LogP contribution in [-0.4, -0.2) is 30.7 Å². The number of anilines is 1. The molecule has 0 fully saturated rings. The van der Waals surface area contributed by atoms with Crippen molar-refractivity contribution in [3.63, 3.8) is 0 Å². The summed E-state index contributed by atoms with van der Waals surface area (Å²) in [5.41, 5.74) is 0.858. The predicted octanol–water partition coefficient (Wildman–Crippen LogP) is 2.94. The first-order chi connectivity index (χ1) is 11.8. The normalized spacial score (nSPS) is 10.7. The Labute approximate surface area is 145 Å². The molecule has 2 rings (SSSR count). The van der Waals surface area contributed by atoms with Crippen LogP contribution in [0.3, 0.4) is 0 Å². The molecule has 1 N–H and O–H groups in total. The number of Topliss-reactive ketones (excluding diaryl/α,β-unsaturated/α-hetero) is 1. The number of carbonyl (C=O) groups is 2. The fraction of sp³-hybridized carbons (Fsp3) is 0.211. The van der Waals surface area contributed by atoms with Gasteiger partial charge in [-0.25, -0.2) is 4.79 Å². The molecule has 0 aliphatic heterocycles. The number of ketones is 1. The van der Waals surface area contributed by atoms with Crippen LogP contribution in [0.2, 0.25) is 0 Å². The Balaban J connectivity index is 2.37. The number of amides is 1. The number of hydrogen-bond donors (Lipinski definition) is 1. The molecule has 0 radical (unpaired) electrons. The smallest absolute Gasteiger partial charge is 0.360 e. The molecule has 1 heterocycles. The average molecular weight is 340 g/mol. The van der Waals surface area contributed by atoms with E-state index in [2.05, 4.69) is 5.32 Å². The van der Waals surface area contributed by atoms with E-state index < -0.39 is 11.5 Å². The van der Waals surface area contributed by atoms with Gasteiger partial charge in [-0.15, -0.1) is 0 Å². The first-order valence-corrected chi connectivity index (χ1v) is 7.69. The molecular weight excluding hydrogens is 320 g/mol. The molecule has 6 nitrogen and oxygen atoms in total. The van der Waals surface area contributed by atoms with Crippen LogP contribution in [0.4, 0.5) is 5.69 Å². The molecule has 0 spiro atoms. The van der Waals surface area contributed by atoms with Gasteiger partial charge in [0, 0.05) is 25.9 Å². The van der Waals surface area contributed by atoms with Crippen molar-refractivity contribution in [3.8, 4) is 0 Å². The van der Waals surface area contributed by atoms with Crippen LogP contribution < -0.4 is 10.9 Å². The van der Waals surface area contributed by atoms with E-state index in [4.69, 9.17) is 4.42 Å². The lowest BCUT2D eigenvalue weighted by molar-refractivity contribution is 0.100. The Hall–Kier alpha value is -3.15. The highest BCUT2D eigenvalue weighted by Gasteiger charge is 2.15. The maximum absolute atomic E-state index is 12.3. The van der Waals surface area contributed by atoms with Crippen LogP contribution >= 0.6 is 0 Å². The molecule has 0 atom stereocenters. The molecule has 0 bridgehead atoms. The second kappa shape index (κ2) is 7.61. The topological polar surface area (TPSA) is 79.6 Å². The minimum Gasteiger partial charge on any atom is -0.421 e. The van der Waals surface area contributed by atoms with E-state index in [9.17, 15) is 14.4 Å². The van der Waals surface area contributed by atoms with Crippen molar-refractivity contribution in [2.75, 3.05) is 19.4 Å². The predicted molar refractivity (Wildman–Crippen MR) is 96.8 cm³/mol. The average Bonchev–Trinajstić information content (AvgIpc) is 2.55. The van der Waals surface area contributed by atoms with Gasteiger partial charge >= 0.3 is 5.63 Å². The fourth-order valence-electron chi connectivity index (χ4n) is 2.09. The van der Waals surface area contributed by atoms with Crippen molar-refractivity contribution in [1.82, 2.24) is 4.90 Å². The molecular formula is C19H20N2O4. The van der Waals surface area contributed by atoms with Crippen molar-refractivity contribution in [2.45, 2.75) is 13.8 Å². The molecule has 1 amide bonds. The van der Waals surface area contributed by atoms with Gasteiger partial charge in [-0.2, -0.15) is 0 Å². The summed E-state index contributed by atoms with van der Waals surface area (Å²) >= 11 is 0. The van der Waals surface area contributed by atoms with Crippen molar-refractivity contribution in [1.29, 1.82) is 0 Å². The standard InChI is InChI=1S/C19H20N2O4/c1-12-5-7-14(8-6-12)18(23)20-16-11-15(13(2)22)17(25-19(16)24)9-10-21(3)4/h5-11H,1-4H3,(H,20,23)/b10-9+. The van der Waals surface area contributed by atoms with Crippen LogP contribution in [0.5, 0.6) is 0 Å². The van der Waals surface area contributed by atoms with E-state index in [-0.39, 0.29) is 22.8 Å². The van der Waals surface area contributed by atoms with Crippen LogP contribution in [0.25, 0.3) is 6.08 Å². The van der Waals surface area contributed by atoms with Crippen LogP contribution in [0.15, 0.2) is 45.7 Å². The lowest BCUT2D eigenvalue weighted by Gasteiger charge is -2.08. The molecule has 0 unspecified atom stereocenters. The second-order valence-corrected chi connectivity index (χ2v) is 5.88. The zero-order chi connectivity index (χ0) is 18.6. The van der Waals surface area contributed by atoms with Crippen molar-refractivity contribution < 1.29 is 14.0 Å². The second-order valence-electron chi connectivity index (χ2n) is 5.88. The van der Waals surface area contributed by atoms with E-state index in [1.54, 1.807) is 49.5 Å². The van der Waals surface area contributed by atoms with E-state index in [0.717, 1.165) is 5.56 Å². The summed E-state index contributed by atoms with van der Waals surface area (Å²) in [5, 5.41) is 2.50. The first kappa shape index (κ1) is 18.2. The van der Waals surface area contributed by atoms with E-state index in [0.29, 0.717) is 5.56 Å². The van der Waals surface area contributed by atoms with Crippen molar-refractivity contribution >= 4 is 23.5 Å². The minimum atomic E-state index is -0.719. The number of carbonyl (C=O) groups excluding carboxylic acids is 2. The molecule has 2 aromatic rings. The largest absolute Gasteiger partial charge is 0.421 e. The van der Waals surface area contributed by atoms with Crippen LogP contribution in [0, 0.1) is 6.92 Å². The highest BCUT2D eigenvalue weighted by molar-refractivity contribution is 6.05. The minimum absolute atomic E-state index is 0.0715. The Morgan fingerprint density at radius 1 is 1.16 bits per heavy atom. The Bertz CT molecular complexity index is 877. The summed E-state index contributed by atoms with van der Waals surface area (Å²) in [7, 11) is 3.61. The maximum atomic E-state index is 12.3. The third-order valence-corrected chi connectivity index (χ3v) is 3.44. The quantitative estimate of drug-likeness (QED) is 0.847. The summed E-state index contributed by atoms with van der Waals surface area (Å²) in [6.45, 7) is 3.28. The van der Waals surface area contributed by atoms with Gasteiger partial charge in [0.1, 0.15) is 11.4 Å². The number of nitrogens with zero attached hydrogens (tertiary/aromatic N) is 1. The Morgan fingerprint density at radius 2 is 1.80 bits per heavy atom. The summed E-state index contributed by atoms with van der Waals surface area (Å²) < 4.78 is 5.20. The zero-order valence-electron chi connectivity index (χ0n) is 14.6. The first-order valence-electron chi connectivity index (χ1n) is 7.69. The fourth-order valence-corrected chi connectivity index (χ4v) is 2.09. The van der Waals surface area contributed by atoms with Gasteiger partial charge in [0.15, 0.2) is 5.78 Å². The van der Waals surface area contributed by atoms with Crippen LogP contribution in [0.1, 0.15) is 39.0 Å². The SMILES string of the molecule is CC(=O)c1cc(NC(=O)c2ccc(C)cc2)c(=O)oc1/C=C/N(C)C. The third-order valence-electron chi connectivity index (χ3n) is 3.44. The lowest BCUT2D eigenvalue weighted by atomic mass is 10.1. The van der Waals surface area contributed by atoms with Crippen molar-refractivity contribution in [3.05, 3.63) is 69.4 Å². The van der Waals surface area contributed by atoms with Gasteiger partial charge in [0.2, 0.25) is 0 Å². The van der Waals surface area contributed by atoms with Gasteiger partial charge in [-0.3, -0.25) is 9.59 Å². The molecule has 25 heavy (non-hydrogen) atoms. The molecule has 1 aromatic carbocycles. The maximum Gasteiger partial charge on any atom is 0.360 e. The molecule has 0 saturated carbocycles. The molecule has 0 saturated heterocycles.